The zero-order valence-corrected chi connectivity index (χ0v) is 10.5. The normalized spacial score (nSPS) is 30.8. The average Bonchev–Trinajstić information content (AvgIpc) is 3.15. The molecule has 16 heavy (non-hydrogen) atoms. The van der Waals surface area contributed by atoms with Crippen molar-refractivity contribution in [1.82, 2.24) is 10.2 Å². The first-order valence-corrected chi connectivity index (χ1v) is 7.42. The van der Waals surface area contributed by atoms with Crippen LogP contribution < -0.4 is 5.32 Å². The van der Waals surface area contributed by atoms with E-state index >= 15 is 0 Å². The van der Waals surface area contributed by atoms with Crippen LogP contribution in [0.25, 0.3) is 0 Å². The van der Waals surface area contributed by atoms with E-state index in [0.29, 0.717) is 0 Å². The molecular formula is C14H26N2. The van der Waals surface area contributed by atoms with Gasteiger partial charge in [-0.1, -0.05) is 19.3 Å². The van der Waals surface area contributed by atoms with E-state index in [2.05, 4.69) is 10.2 Å². The smallest absolute Gasteiger partial charge is 0.00952 e. The van der Waals surface area contributed by atoms with Crippen molar-refractivity contribution in [2.75, 3.05) is 13.1 Å². The highest BCUT2D eigenvalue weighted by Crippen LogP contribution is 2.27. The molecule has 1 heterocycles. The summed E-state index contributed by atoms with van der Waals surface area (Å²) >= 11 is 0. The van der Waals surface area contributed by atoms with Crippen molar-refractivity contribution in [3.63, 3.8) is 0 Å². The van der Waals surface area contributed by atoms with Crippen molar-refractivity contribution in [1.29, 1.82) is 0 Å². The van der Waals surface area contributed by atoms with Gasteiger partial charge in [0.25, 0.3) is 0 Å². The van der Waals surface area contributed by atoms with E-state index in [-0.39, 0.29) is 0 Å². The molecular weight excluding hydrogens is 196 g/mol. The van der Waals surface area contributed by atoms with Gasteiger partial charge in [-0.15, -0.1) is 0 Å². The van der Waals surface area contributed by atoms with Gasteiger partial charge in [-0.3, -0.25) is 0 Å². The fourth-order valence-electron chi connectivity index (χ4n) is 3.46. The van der Waals surface area contributed by atoms with Crippen LogP contribution >= 0.6 is 0 Å². The van der Waals surface area contributed by atoms with Gasteiger partial charge in [0, 0.05) is 18.1 Å². The molecule has 92 valence electrons. The van der Waals surface area contributed by atoms with Gasteiger partial charge < -0.3 is 10.2 Å². The van der Waals surface area contributed by atoms with E-state index in [1.807, 2.05) is 0 Å². The molecule has 0 aromatic rings. The van der Waals surface area contributed by atoms with Crippen LogP contribution in [0, 0.1) is 0 Å². The van der Waals surface area contributed by atoms with Crippen LogP contribution in [-0.4, -0.2) is 36.1 Å². The van der Waals surface area contributed by atoms with Crippen molar-refractivity contribution < 1.29 is 0 Å². The number of hydrogen-bond donors (Lipinski definition) is 1. The van der Waals surface area contributed by atoms with E-state index in [0.717, 1.165) is 18.1 Å². The molecule has 0 amide bonds. The average molecular weight is 222 g/mol. The third-order valence-electron chi connectivity index (χ3n) is 4.67. The molecule has 3 fully saturated rings. The highest BCUT2D eigenvalue weighted by Gasteiger charge is 2.29. The summed E-state index contributed by atoms with van der Waals surface area (Å²) in [7, 11) is 0. The molecule has 1 saturated heterocycles. The Morgan fingerprint density at radius 3 is 1.94 bits per heavy atom. The van der Waals surface area contributed by atoms with E-state index in [4.69, 9.17) is 0 Å². The van der Waals surface area contributed by atoms with E-state index in [1.165, 1.54) is 70.9 Å². The van der Waals surface area contributed by atoms with Crippen molar-refractivity contribution in [2.45, 2.75) is 75.9 Å². The number of nitrogens with one attached hydrogen (secondary N) is 1. The molecule has 2 aliphatic carbocycles. The fraction of sp³-hybridized carbons (Fsp3) is 1.00. The minimum Gasteiger partial charge on any atom is -0.311 e. The van der Waals surface area contributed by atoms with Gasteiger partial charge in [-0.2, -0.15) is 0 Å². The topological polar surface area (TPSA) is 15.3 Å². The summed E-state index contributed by atoms with van der Waals surface area (Å²) in [5.41, 5.74) is 0. The molecule has 3 rings (SSSR count). The molecule has 0 radical (unpaired) electrons. The molecule has 3 aliphatic rings. The summed E-state index contributed by atoms with van der Waals surface area (Å²) in [5, 5.41) is 3.79. The van der Waals surface area contributed by atoms with E-state index in [9.17, 15) is 0 Å². The number of piperidine rings is 1. The van der Waals surface area contributed by atoms with Gasteiger partial charge >= 0.3 is 0 Å². The van der Waals surface area contributed by atoms with Gasteiger partial charge in [0.05, 0.1) is 0 Å². The van der Waals surface area contributed by atoms with Crippen LogP contribution in [0.4, 0.5) is 0 Å². The minimum absolute atomic E-state index is 0.840. The molecule has 2 heteroatoms. The summed E-state index contributed by atoms with van der Waals surface area (Å²) in [4.78, 5) is 2.78. The summed E-state index contributed by atoms with van der Waals surface area (Å²) in [6.45, 7) is 2.71. The lowest BCUT2D eigenvalue weighted by Crippen LogP contribution is -2.47. The molecule has 1 aliphatic heterocycles. The predicted octanol–water partition coefficient (Wildman–Crippen LogP) is 2.54. The Morgan fingerprint density at radius 2 is 1.31 bits per heavy atom. The fourth-order valence-corrected chi connectivity index (χ4v) is 3.46. The second-order valence-electron chi connectivity index (χ2n) is 6.04. The van der Waals surface area contributed by atoms with Crippen LogP contribution in [0.3, 0.4) is 0 Å². The molecule has 0 aromatic carbocycles. The van der Waals surface area contributed by atoms with E-state index < -0.39 is 0 Å². The molecule has 2 nitrogen and oxygen atoms in total. The molecule has 0 bridgehead atoms. The summed E-state index contributed by atoms with van der Waals surface area (Å²) in [6, 6.07) is 2.68. The molecule has 0 spiro atoms. The first-order chi connectivity index (χ1) is 7.92. The van der Waals surface area contributed by atoms with Crippen LogP contribution in [0.2, 0.25) is 0 Å². The van der Waals surface area contributed by atoms with Crippen molar-refractivity contribution in [3.05, 3.63) is 0 Å². The Kier molecular flexibility index (Phi) is 3.49. The van der Waals surface area contributed by atoms with Crippen LogP contribution in [0.15, 0.2) is 0 Å². The standard InChI is InChI=1S/C14H26N2/c1-2-4-14(5-3-1)16-10-8-13(9-11-16)15-12-6-7-12/h12-15H,1-11H2. The van der Waals surface area contributed by atoms with Gasteiger partial charge in [0.1, 0.15) is 0 Å². The second-order valence-corrected chi connectivity index (χ2v) is 6.04. The molecule has 2 saturated carbocycles. The number of rotatable bonds is 3. The lowest BCUT2D eigenvalue weighted by atomic mass is 9.92. The van der Waals surface area contributed by atoms with Gasteiger partial charge in [0.15, 0.2) is 0 Å². The highest BCUT2D eigenvalue weighted by atomic mass is 15.2. The Labute approximate surface area is 99.8 Å². The Hall–Kier alpha value is -0.0800. The van der Waals surface area contributed by atoms with E-state index in [1.54, 1.807) is 0 Å². The molecule has 1 N–H and O–H groups in total. The quantitative estimate of drug-likeness (QED) is 0.789. The largest absolute Gasteiger partial charge is 0.311 e. The highest BCUT2D eigenvalue weighted by molar-refractivity contribution is 4.89. The van der Waals surface area contributed by atoms with Crippen LogP contribution in [0.1, 0.15) is 57.8 Å². The zero-order valence-electron chi connectivity index (χ0n) is 10.5. The monoisotopic (exact) mass is 222 g/mol. The SMILES string of the molecule is C1CCC(N2CCC(NC3CC3)CC2)CC1. The first-order valence-electron chi connectivity index (χ1n) is 7.42. The summed E-state index contributed by atoms with van der Waals surface area (Å²) in [6.07, 6.45) is 13.0. The van der Waals surface area contributed by atoms with Gasteiger partial charge in [-0.25, -0.2) is 0 Å². The number of nitrogens with zero attached hydrogens (tertiary/aromatic N) is 1. The van der Waals surface area contributed by atoms with Crippen LogP contribution in [-0.2, 0) is 0 Å². The third kappa shape index (κ3) is 2.78. The van der Waals surface area contributed by atoms with Crippen molar-refractivity contribution in [3.8, 4) is 0 Å². The first kappa shape index (κ1) is 11.0. The molecule has 0 aromatic heterocycles. The number of hydrogen-bond acceptors (Lipinski definition) is 2. The van der Waals surface area contributed by atoms with Crippen molar-refractivity contribution >= 4 is 0 Å². The Morgan fingerprint density at radius 1 is 0.688 bits per heavy atom. The lowest BCUT2D eigenvalue weighted by molar-refractivity contribution is 0.115. The van der Waals surface area contributed by atoms with Gasteiger partial charge in [0.2, 0.25) is 0 Å². The Balaban J connectivity index is 1.42. The molecule has 0 atom stereocenters. The summed E-state index contributed by atoms with van der Waals surface area (Å²) < 4.78 is 0. The predicted molar refractivity (Wildman–Crippen MR) is 67.6 cm³/mol. The molecule has 0 unspecified atom stereocenters. The van der Waals surface area contributed by atoms with Gasteiger partial charge in [-0.05, 0) is 51.6 Å². The number of likely N-dealkylation sites (tertiary alicyclic amines) is 1. The maximum atomic E-state index is 3.79. The lowest BCUT2D eigenvalue weighted by Gasteiger charge is -2.39. The Bertz CT molecular complexity index is 211. The van der Waals surface area contributed by atoms with Crippen LogP contribution in [0.5, 0.6) is 0 Å². The van der Waals surface area contributed by atoms with Crippen molar-refractivity contribution in [2.24, 2.45) is 0 Å². The second kappa shape index (κ2) is 5.05. The minimum atomic E-state index is 0.840. The maximum absolute atomic E-state index is 3.79. The maximum Gasteiger partial charge on any atom is 0.00952 e. The zero-order chi connectivity index (χ0) is 10.8. The third-order valence-corrected chi connectivity index (χ3v) is 4.67. The summed E-state index contributed by atoms with van der Waals surface area (Å²) in [5.74, 6) is 0.